The number of benzene rings is 1. The first-order chi connectivity index (χ1) is 11.1. The minimum absolute atomic E-state index is 0.223. The molecule has 0 fully saturated rings. The molecule has 0 saturated heterocycles. The van der Waals surface area contributed by atoms with Gasteiger partial charge < -0.3 is 15.4 Å². The summed E-state index contributed by atoms with van der Waals surface area (Å²) >= 11 is 0. The van der Waals surface area contributed by atoms with Crippen LogP contribution < -0.4 is 10.6 Å². The number of rotatable bonds is 8. The molecule has 124 valence electrons. The lowest BCUT2D eigenvalue weighted by atomic mass is 10.2. The maximum Gasteiger partial charge on any atom is 0.254 e. The Bertz CT molecular complexity index is 657. The van der Waals surface area contributed by atoms with Crippen molar-refractivity contribution in [2.24, 2.45) is 0 Å². The minimum Gasteiger partial charge on any atom is -0.383 e. The molecule has 1 heterocycles. The monoisotopic (exact) mass is 320 g/mol. The fourth-order valence-corrected chi connectivity index (χ4v) is 2.16. The summed E-state index contributed by atoms with van der Waals surface area (Å²) < 4.78 is 20.2. The number of nitrogens with zero attached hydrogens (tertiary/aromatic N) is 2. The number of halogens is 1. The maximum absolute atomic E-state index is 13.8. The molecule has 0 spiro atoms. The van der Waals surface area contributed by atoms with Gasteiger partial charge in [-0.3, -0.25) is 4.79 Å². The normalized spacial score (nSPS) is 10.7. The molecular formula is C16H21FN4O2. The smallest absolute Gasteiger partial charge is 0.254 e. The molecule has 0 saturated carbocycles. The van der Waals surface area contributed by atoms with Gasteiger partial charge in [0.15, 0.2) is 0 Å². The van der Waals surface area contributed by atoms with Crippen LogP contribution in [0.3, 0.4) is 0 Å². The predicted octanol–water partition coefficient (Wildman–Crippen LogP) is 1.29. The Morgan fingerprint density at radius 2 is 2.09 bits per heavy atom. The van der Waals surface area contributed by atoms with Crippen LogP contribution in [-0.2, 0) is 4.74 Å². The van der Waals surface area contributed by atoms with Crippen molar-refractivity contribution >= 4 is 5.91 Å². The summed E-state index contributed by atoms with van der Waals surface area (Å²) in [4.78, 5) is 12.2. The van der Waals surface area contributed by atoms with E-state index in [0.29, 0.717) is 36.6 Å². The molecule has 1 amide bonds. The second-order valence-corrected chi connectivity index (χ2v) is 5.01. The molecule has 6 nitrogen and oxygen atoms in total. The number of ether oxygens (including phenoxy) is 1. The van der Waals surface area contributed by atoms with Crippen LogP contribution in [-0.4, -0.2) is 49.0 Å². The first kappa shape index (κ1) is 17.1. The predicted molar refractivity (Wildman–Crippen MR) is 85.3 cm³/mol. The van der Waals surface area contributed by atoms with Crippen molar-refractivity contribution in [3.05, 3.63) is 47.5 Å². The fraction of sp³-hybridized carbons (Fsp3) is 0.375. The highest BCUT2D eigenvalue weighted by Crippen LogP contribution is 2.16. The number of nitrogens with one attached hydrogen (secondary N) is 2. The summed E-state index contributed by atoms with van der Waals surface area (Å²) in [5.41, 5.74) is 1.36. The molecule has 2 rings (SSSR count). The van der Waals surface area contributed by atoms with E-state index in [2.05, 4.69) is 15.7 Å². The molecule has 0 unspecified atom stereocenters. The Hall–Kier alpha value is -2.25. The van der Waals surface area contributed by atoms with Crippen molar-refractivity contribution in [3.63, 3.8) is 0 Å². The lowest BCUT2D eigenvalue weighted by molar-refractivity contribution is 0.0953. The Morgan fingerprint density at radius 3 is 2.83 bits per heavy atom. The van der Waals surface area contributed by atoms with E-state index in [1.54, 1.807) is 32.2 Å². The number of para-hydroxylation sites is 1. The van der Waals surface area contributed by atoms with Gasteiger partial charge in [-0.1, -0.05) is 12.1 Å². The summed E-state index contributed by atoms with van der Waals surface area (Å²) in [5, 5.41) is 10.1. The molecule has 0 aliphatic rings. The summed E-state index contributed by atoms with van der Waals surface area (Å²) in [5.74, 6) is -0.605. The van der Waals surface area contributed by atoms with E-state index < -0.39 is 0 Å². The first-order valence-electron chi connectivity index (χ1n) is 7.42. The van der Waals surface area contributed by atoms with Gasteiger partial charge in [-0.25, -0.2) is 9.07 Å². The zero-order valence-electron chi connectivity index (χ0n) is 13.3. The number of methoxy groups -OCH3 is 1. The number of carbonyl (C=O) groups is 1. The molecule has 2 aromatic rings. The molecule has 0 aliphatic carbocycles. The summed E-state index contributed by atoms with van der Waals surface area (Å²) in [6.45, 7) is 4.24. The van der Waals surface area contributed by atoms with E-state index in [1.807, 2.05) is 0 Å². The van der Waals surface area contributed by atoms with Crippen LogP contribution in [0.1, 0.15) is 16.1 Å². The Kier molecular flexibility index (Phi) is 6.25. The topological polar surface area (TPSA) is 68.2 Å². The molecule has 7 heteroatoms. The van der Waals surface area contributed by atoms with Crippen molar-refractivity contribution in [2.75, 3.05) is 33.4 Å². The van der Waals surface area contributed by atoms with Crippen LogP contribution in [0.4, 0.5) is 4.39 Å². The molecule has 2 N–H and O–H groups in total. The lowest BCUT2D eigenvalue weighted by Gasteiger charge is -2.08. The third-order valence-electron chi connectivity index (χ3n) is 3.41. The molecule has 1 aromatic carbocycles. The second kappa shape index (κ2) is 8.40. The van der Waals surface area contributed by atoms with Crippen LogP contribution in [0.25, 0.3) is 5.69 Å². The fourth-order valence-electron chi connectivity index (χ4n) is 2.16. The summed E-state index contributed by atoms with van der Waals surface area (Å²) in [6, 6.07) is 6.32. The molecule has 0 radical (unpaired) electrons. The summed E-state index contributed by atoms with van der Waals surface area (Å²) in [7, 11) is 1.64. The van der Waals surface area contributed by atoms with E-state index in [0.717, 1.165) is 6.54 Å². The molecule has 0 bridgehead atoms. The number of hydrogen-bond acceptors (Lipinski definition) is 4. The highest BCUT2D eigenvalue weighted by molar-refractivity contribution is 5.95. The highest BCUT2D eigenvalue weighted by Gasteiger charge is 2.16. The van der Waals surface area contributed by atoms with E-state index in [9.17, 15) is 9.18 Å². The van der Waals surface area contributed by atoms with E-state index in [4.69, 9.17) is 4.74 Å². The van der Waals surface area contributed by atoms with Crippen LogP contribution in [0.2, 0.25) is 0 Å². The highest BCUT2D eigenvalue weighted by atomic mass is 19.1. The van der Waals surface area contributed by atoms with Crippen LogP contribution >= 0.6 is 0 Å². The van der Waals surface area contributed by atoms with Crippen molar-refractivity contribution in [1.29, 1.82) is 0 Å². The van der Waals surface area contributed by atoms with Gasteiger partial charge in [-0.05, 0) is 19.1 Å². The molecule has 0 atom stereocenters. The van der Waals surface area contributed by atoms with Crippen molar-refractivity contribution in [2.45, 2.75) is 6.92 Å². The van der Waals surface area contributed by atoms with Crippen LogP contribution in [0.5, 0.6) is 0 Å². The average molecular weight is 320 g/mol. The van der Waals surface area contributed by atoms with E-state index in [-0.39, 0.29) is 11.7 Å². The summed E-state index contributed by atoms with van der Waals surface area (Å²) in [6.07, 6.45) is 1.45. The zero-order valence-corrected chi connectivity index (χ0v) is 13.3. The van der Waals surface area contributed by atoms with Crippen molar-refractivity contribution in [1.82, 2.24) is 20.4 Å². The second-order valence-electron chi connectivity index (χ2n) is 5.01. The Labute approximate surface area is 134 Å². The number of aromatic nitrogens is 2. The SMILES string of the molecule is COCCNCCNC(=O)c1cnn(-c2ccccc2F)c1C. The molecule has 23 heavy (non-hydrogen) atoms. The number of amides is 1. The van der Waals surface area contributed by atoms with E-state index >= 15 is 0 Å². The van der Waals surface area contributed by atoms with Gasteiger partial charge >= 0.3 is 0 Å². The number of hydrogen-bond donors (Lipinski definition) is 2. The van der Waals surface area contributed by atoms with Gasteiger partial charge in [-0.15, -0.1) is 0 Å². The molecule has 0 aliphatic heterocycles. The van der Waals surface area contributed by atoms with Gasteiger partial charge in [0, 0.05) is 26.7 Å². The lowest BCUT2D eigenvalue weighted by Crippen LogP contribution is -2.33. The third-order valence-corrected chi connectivity index (χ3v) is 3.41. The van der Waals surface area contributed by atoms with Gasteiger partial charge in [-0.2, -0.15) is 5.10 Å². The van der Waals surface area contributed by atoms with Gasteiger partial charge in [0.05, 0.1) is 24.1 Å². The largest absolute Gasteiger partial charge is 0.383 e. The minimum atomic E-state index is -0.381. The van der Waals surface area contributed by atoms with Gasteiger partial charge in [0.2, 0.25) is 0 Å². The molecule has 1 aromatic heterocycles. The van der Waals surface area contributed by atoms with Crippen molar-refractivity contribution < 1.29 is 13.9 Å². The number of carbonyl (C=O) groups excluding carboxylic acids is 1. The van der Waals surface area contributed by atoms with Crippen LogP contribution in [0.15, 0.2) is 30.5 Å². The third kappa shape index (κ3) is 4.37. The van der Waals surface area contributed by atoms with E-state index in [1.165, 1.54) is 16.9 Å². The Balaban J connectivity index is 1.96. The molecular weight excluding hydrogens is 299 g/mol. The zero-order chi connectivity index (χ0) is 16.7. The van der Waals surface area contributed by atoms with Crippen molar-refractivity contribution in [3.8, 4) is 5.69 Å². The standard InChI is InChI=1S/C16H21FN4O2/c1-12-13(16(22)19-8-7-18-9-10-23-2)11-20-21(12)15-6-4-3-5-14(15)17/h3-6,11,18H,7-10H2,1-2H3,(H,19,22). The first-order valence-corrected chi connectivity index (χ1v) is 7.42. The Morgan fingerprint density at radius 1 is 1.30 bits per heavy atom. The van der Waals surface area contributed by atoms with Gasteiger partial charge in [0.25, 0.3) is 5.91 Å². The quantitative estimate of drug-likeness (QED) is 0.719. The van der Waals surface area contributed by atoms with Gasteiger partial charge in [0.1, 0.15) is 11.5 Å². The van der Waals surface area contributed by atoms with Crippen LogP contribution in [0, 0.1) is 12.7 Å². The average Bonchev–Trinajstić information content (AvgIpc) is 2.92. The maximum atomic E-state index is 13.8.